The Bertz CT molecular complexity index is 636. The lowest BCUT2D eigenvalue weighted by Gasteiger charge is -2.20. The zero-order valence-electron chi connectivity index (χ0n) is 13.4. The SMILES string of the molecule is O=C(NCCc1nccc(-c2ccccc2)n1)C1CCCCC1. The second-order valence-corrected chi connectivity index (χ2v) is 6.10. The van der Waals surface area contributed by atoms with E-state index in [9.17, 15) is 4.79 Å². The van der Waals surface area contributed by atoms with Crippen molar-refractivity contribution in [1.29, 1.82) is 0 Å². The van der Waals surface area contributed by atoms with Crippen molar-refractivity contribution in [3.05, 3.63) is 48.4 Å². The molecule has 1 aliphatic carbocycles. The van der Waals surface area contributed by atoms with Gasteiger partial charge in [0.1, 0.15) is 5.82 Å². The topological polar surface area (TPSA) is 54.9 Å². The fraction of sp³-hybridized carbons (Fsp3) is 0.421. The van der Waals surface area contributed by atoms with Crippen molar-refractivity contribution in [3.63, 3.8) is 0 Å². The van der Waals surface area contributed by atoms with Crippen molar-refractivity contribution in [3.8, 4) is 11.3 Å². The molecule has 0 bridgehead atoms. The second kappa shape index (κ2) is 7.86. The van der Waals surface area contributed by atoms with Gasteiger partial charge in [0.15, 0.2) is 0 Å². The Morgan fingerprint density at radius 1 is 1.09 bits per heavy atom. The highest BCUT2D eigenvalue weighted by molar-refractivity contribution is 5.78. The number of rotatable bonds is 5. The van der Waals surface area contributed by atoms with Gasteiger partial charge < -0.3 is 5.32 Å². The molecular formula is C19H23N3O. The molecule has 1 N–H and O–H groups in total. The molecule has 0 atom stereocenters. The average molecular weight is 309 g/mol. The van der Waals surface area contributed by atoms with E-state index >= 15 is 0 Å². The molecule has 4 heteroatoms. The van der Waals surface area contributed by atoms with Gasteiger partial charge >= 0.3 is 0 Å². The van der Waals surface area contributed by atoms with Gasteiger partial charge in [-0.3, -0.25) is 4.79 Å². The molecule has 0 spiro atoms. The standard InChI is InChI=1S/C19H23N3O/c23-19(16-9-5-2-6-10-16)21-14-12-18-20-13-11-17(22-18)15-7-3-1-4-8-15/h1,3-4,7-8,11,13,16H,2,5-6,9-10,12,14H2,(H,21,23). The highest BCUT2D eigenvalue weighted by atomic mass is 16.1. The Kier molecular flexibility index (Phi) is 5.35. The van der Waals surface area contributed by atoms with Crippen molar-refractivity contribution in [2.45, 2.75) is 38.5 Å². The largest absolute Gasteiger partial charge is 0.355 e. The van der Waals surface area contributed by atoms with Crippen molar-refractivity contribution < 1.29 is 4.79 Å². The number of carbonyl (C=O) groups excluding carboxylic acids is 1. The van der Waals surface area contributed by atoms with Gasteiger partial charge in [0.2, 0.25) is 5.91 Å². The quantitative estimate of drug-likeness (QED) is 0.921. The van der Waals surface area contributed by atoms with Crippen LogP contribution in [0.15, 0.2) is 42.6 Å². The highest BCUT2D eigenvalue weighted by Crippen LogP contribution is 2.23. The lowest BCUT2D eigenvalue weighted by atomic mass is 9.89. The molecule has 1 aliphatic rings. The zero-order valence-corrected chi connectivity index (χ0v) is 13.4. The summed E-state index contributed by atoms with van der Waals surface area (Å²) in [4.78, 5) is 21.0. The summed E-state index contributed by atoms with van der Waals surface area (Å²) in [5, 5.41) is 3.04. The maximum atomic E-state index is 12.1. The van der Waals surface area contributed by atoms with E-state index in [4.69, 9.17) is 0 Å². The Labute approximate surface area is 137 Å². The normalized spacial score (nSPS) is 15.3. The van der Waals surface area contributed by atoms with Crippen LogP contribution in [-0.4, -0.2) is 22.4 Å². The lowest BCUT2D eigenvalue weighted by molar-refractivity contribution is -0.125. The van der Waals surface area contributed by atoms with Gasteiger partial charge in [-0.15, -0.1) is 0 Å². The molecule has 0 saturated heterocycles. The molecule has 120 valence electrons. The fourth-order valence-corrected chi connectivity index (χ4v) is 3.10. The van der Waals surface area contributed by atoms with Crippen LogP contribution in [0.2, 0.25) is 0 Å². The molecule has 1 fully saturated rings. The summed E-state index contributed by atoms with van der Waals surface area (Å²) in [5.41, 5.74) is 2.01. The van der Waals surface area contributed by atoms with Crippen molar-refractivity contribution in [2.24, 2.45) is 5.92 Å². The summed E-state index contributed by atoms with van der Waals surface area (Å²) < 4.78 is 0. The third kappa shape index (κ3) is 4.38. The smallest absolute Gasteiger partial charge is 0.223 e. The van der Waals surface area contributed by atoms with Crippen LogP contribution < -0.4 is 5.32 Å². The first-order chi connectivity index (χ1) is 11.3. The van der Waals surface area contributed by atoms with Crippen molar-refractivity contribution in [1.82, 2.24) is 15.3 Å². The maximum absolute atomic E-state index is 12.1. The third-order valence-electron chi connectivity index (χ3n) is 4.40. The number of aromatic nitrogens is 2. The third-order valence-corrected chi connectivity index (χ3v) is 4.40. The van der Waals surface area contributed by atoms with E-state index in [1.807, 2.05) is 36.4 Å². The predicted molar refractivity (Wildman–Crippen MR) is 90.8 cm³/mol. The van der Waals surface area contributed by atoms with Crippen molar-refractivity contribution in [2.75, 3.05) is 6.54 Å². The molecule has 2 aromatic rings. The first kappa shape index (κ1) is 15.7. The molecule has 1 saturated carbocycles. The van der Waals surface area contributed by atoms with Crippen LogP contribution in [0.1, 0.15) is 37.9 Å². The monoisotopic (exact) mass is 309 g/mol. The van der Waals surface area contributed by atoms with Gasteiger partial charge in [0, 0.05) is 30.6 Å². The van der Waals surface area contributed by atoms with E-state index in [1.54, 1.807) is 6.20 Å². The Morgan fingerprint density at radius 2 is 1.87 bits per heavy atom. The molecule has 4 nitrogen and oxygen atoms in total. The molecule has 1 aromatic carbocycles. The molecular weight excluding hydrogens is 286 g/mol. The molecule has 0 aliphatic heterocycles. The Morgan fingerprint density at radius 3 is 2.65 bits per heavy atom. The summed E-state index contributed by atoms with van der Waals surface area (Å²) in [7, 11) is 0. The Balaban J connectivity index is 1.53. The van der Waals surface area contributed by atoms with Crippen LogP contribution in [0.3, 0.4) is 0 Å². The summed E-state index contributed by atoms with van der Waals surface area (Å²) in [6.07, 6.45) is 8.15. The van der Waals surface area contributed by atoms with E-state index in [0.29, 0.717) is 13.0 Å². The molecule has 23 heavy (non-hydrogen) atoms. The van der Waals surface area contributed by atoms with Crippen LogP contribution in [0, 0.1) is 5.92 Å². The maximum Gasteiger partial charge on any atom is 0.223 e. The van der Waals surface area contributed by atoms with E-state index in [0.717, 1.165) is 29.9 Å². The summed E-state index contributed by atoms with van der Waals surface area (Å²) in [5.74, 6) is 1.18. The lowest BCUT2D eigenvalue weighted by Crippen LogP contribution is -2.33. The number of nitrogens with zero attached hydrogens (tertiary/aromatic N) is 2. The number of benzene rings is 1. The first-order valence-corrected chi connectivity index (χ1v) is 8.48. The molecule has 1 aromatic heterocycles. The van der Waals surface area contributed by atoms with E-state index in [-0.39, 0.29) is 11.8 Å². The number of amides is 1. The summed E-state index contributed by atoms with van der Waals surface area (Å²) >= 11 is 0. The molecule has 0 radical (unpaired) electrons. The minimum atomic E-state index is 0.198. The van der Waals surface area contributed by atoms with E-state index in [1.165, 1.54) is 19.3 Å². The number of carbonyl (C=O) groups is 1. The predicted octanol–water partition coefficient (Wildman–Crippen LogP) is 3.38. The van der Waals surface area contributed by atoms with E-state index < -0.39 is 0 Å². The first-order valence-electron chi connectivity index (χ1n) is 8.48. The van der Waals surface area contributed by atoms with Gasteiger partial charge in [0.05, 0.1) is 5.69 Å². The van der Waals surface area contributed by atoms with Gasteiger partial charge in [0.25, 0.3) is 0 Å². The van der Waals surface area contributed by atoms with Crippen LogP contribution in [0.4, 0.5) is 0 Å². The molecule has 0 unspecified atom stereocenters. The molecule has 1 amide bonds. The second-order valence-electron chi connectivity index (χ2n) is 6.10. The number of hydrogen-bond donors (Lipinski definition) is 1. The average Bonchev–Trinajstić information content (AvgIpc) is 2.63. The van der Waals surface area contributed by atoms with E-state index in [2.05, 4.69) is 15.3 Å². The van der Waals surface area contributed by atoms with Gasteiger partial charge in [-0.05, 0) is 18.9 Å². The molecule has 1 heterocycles. The summed E-state index contributed by atoms with van der Waals surface area (Å²) in [6, 6.07) is 12.0. The minimum Gasteiger partial charge on any atom is -0.355 e. The minimum absolute atomic E-state index is 0.198. The summed E-state index contributed by atoms with van der Waals surface area (Å²) in [6.45, 7) is 0.605. The van der Waals surface area contributed by atoms with Gasteiger partial charge in [-0.25, -0.2) is 9.97 Å². The fourth-order valence-electron chi connectivity index (χ4n) is 3.10. The Hall–Kier alpha value is -2.23. The highest BCUT2D eigenvalue weighted by Gasteiger charge is 2.20. The van der Waals surface area contributed by atoms with Crippen LogP contribution >= 0.6 is 0 Å². The number of hydrogen-bond acceptors (Lipinski definition) is 3. The van der Waals surface area contributed by atoms with Crippen LogP contribution in [0.25, 0.3) is 11.3 Å². The van der Waals surface area contributed by atoms with Crippen LogP contribution in [-0.2, 0) is 11.2 Å². The van der Waals surface area contributed by atoms with Crippen molar-refractivity contribution >= 4 is 5.91 Å². The van der Waals surface area contributed by atoms with Gasteiger partial charge in [-0.1, -0.05) is 49.6 Å². The molecule has 3 rings (SSSR count). The van der Waals surface area contributed by atoms with Crippen LogP contribution in [0.5, 0.6) is 0 Å². The number of nitrogens with one attached hydrogen (secondary N) is 1. The van der Waals surface area contributed by atoms with Gasteiger partial charge in [-0.2, -0.15) is 0 Å². The zero-order chi connectivity index (χ0) is 15.9.